The molecule has 0 unspecified atom stereocenters. The molecule has 4 heteroatoms. The number of rotatable bonds is 5. The number of halogens is 1. The van der Waals surface area contributed by atoms with Gasteiger partial charge in [0.05, 0.1) is 6.61 Å². The smallest absolute Gasteiger partial charge is 0.137 e. The summed E-state index contributed by atoms with van der Waals surface area (Å²) in [5.41, 5.74) is 6.62. The maximum absolute atomic E-state index is 14.1. The minimum atomic E-state index is -0.174. The summed E-state index contributed by atoms with van der Waals surface area (Å²) in [4.78, 5) is 5.40. The average molecular weight is 341 g/mol. The Bertz CT molecular complexity index is 826. The average Bonchev–Trinajstić information content (AvgIpc) is 2.94. The van der Waals surface area contributed by atoms with Gasteiger partial charge in [0, 0.05) is 4.90 Å². The number of fused-ring (bicyclic) bond motifs is 1. The van der Waals surface area contributed by atoms with Crippen molar-refractivity contribution in [2.75, 3.05) is 12.9 Å². The molecule has 3 rings (SSSR count). The van der Waals surface area contributed by atoms with Crippen LogP contribution in [0, 0.1) is 12.7 Å². The van der Waals surface area contributed by atoms with Crippen molar-refractivity contribution in [3.8, 4) is 0 Å². The molecular weight excluding hydrogens is 321 g/mol. The number of nitrogens with two attached hydrogens (primary N) is 1. The second-order valence-electron chi connectivity index (χ2n) is 5.78. The van der Waals surface area contributed by atoms with Gasteiger partial charge in [0.15, 0.2) is 0 Å². The molecule has 0 atom stereocenters. The van der Waals surface area contributed by atoms with E-state index in [1.807, 2.05) is 31.4 Å². The summed E-state index contributed by atoms with van der Waals surface area (Å²) in [6.45, 7) is 2.49. The molecule has 0 spiro atoms. The van der Waals surface area contributed by atoms with Crippen LogP contribution in [0.1, 0.15) is 28.7 Å². The van der Waals surface area contributed by atoms with E-state index in [1.54, 1.807) is 6.07 Å². The minimum Gasteiger partial charge on any atom is -0.304 e. The van der Waals surface area contributed by atoms with Gasteiger partial charge in [-0.2, -0.15) is 0 Å². The van der Waals surface area contributed by atoms with Crippen molar-refractivity contribution in [1.29, 1.82) is 0 Å². The zero-order valence-electron chi connectivity index (χ0n) is 13.8. The number of benzene rings is 2. The van der Waals surface area contributed by atoms with E-state index in [1.165, 1.54) is 28.5 Å². The summed E-state index contributed by atoms with van der Waals surface area (Å²) < 4.78 is 14.1. The lowest BCUT2D eigenvalue weighted by molar-refractivity contribution is 0.144. The molecule has 1 aliphatic carbocycles. The van der Waals surface area contributed by atoms with Crippen molar-refractivity contribution in [2.45, 2.75) is 18.2 Å². The summed E-state index contributed by atoms with van der Waals surface area (Å²) >= 11 is 1.43. The van der Waals surface area contributed by atoms with Gasteiger partial charge in [-0.15, -0.1) is 11.8 Å². The Hall–Kier alpha value is -1.88. The van der Waals surface area contributed by atoms with Crippen LogP contribution >= 0.6 is 11.8 Å². The molecule has 2 N–H and O–H groups in total. The molecule has 0 fully saturated rings. The zero-order valence-corrected chi connectivity index (χ0v) is 14.6. The van der Waals surface area contributed by atoms with Crippen LogP contribution < -0.4 is 5.90 Å². The van der Waals surface area contributed by atoms with Crippen molar-refractivity contribution in [2.24, 2.45) is 5.90 Å². The number of hydrogen-bond acceptors (Lipinski definition) is 3. The van der Waals surface area contributed by atoms with Gasteiger partial charge in [-0.05, 0) is 71.2 Å². The summed E-state index contributed by atoms with van der Waals surface area (Å²) in [6.07, 6.45) is 6.84. The van der Waals surface area contributed by atoms with E-state index < -0.39 is 0 Å². The Balaban J connectivity index is 2.04. The van der Waals surface area contributed by atoms with Crippen molar-refractivity contribution < 1.29 is 9.23 Å². The van der Waals surface area contributed by atoms with Crippen molar-refractivity contribution in [3.05, 3.63) is 70.5 Å². The maximum Gasteiger partial charge on any atom is 0.137 e. The lowest BCUT2D eigenvalue weighted by Crippen LogP contribution is -2.01. The van der Waals surface area contributed by atoms with E-state index in [2.05, 4.69) is 24.3 Å². The molecule has 0 aliphatic heterocycles. The second kappa shape index (κ2) is 7.34. The Kier molecular flexibility index (Phi) is 5.19. The first kappa shape index (κ1) is 17.0. The molecule has 0 heterocycles. The van der Waals surface area contributed by atoms with Crippen LogP contribution in [0.15, 0.2) is 47.4 Å². The maximum atomic E-state index is 14.1. The third-order valence-electron chi connectivity index (χ3n) is 4.25. The molecule has 24 heavy (non-hydrogen) atoms. The van der Waals surface area contributed by atoms with Crippen molar-refractivity contribution in [3.63, 3.8) is 0 Å². The molecule has 2 aromatic carbocycles. The van der Waals surface area contributed by atoms with Crippen molar-refractivity contribution in [1.82, 2.24) is 0 Å². The topological polar surface area (TPSA) is 35.2 Å². The van der Waals surface area contributed by atoms with Gasteiger partial charge < -0.3 is 4.84 Å². The van der Waals surface area contributed by atoms with Crippen LogP contribution in [0.2, 0.25) is 0 Å². The quantitative estimate of drug-likeness (QED) is 0.609. The normalized spacial score (nSPS) is 14.8. The van der Waals surface area contributed by atoms with Gasteiger partial charge in [-0.3, -0.25) is 0 Å². The van der Waals surface area contributed by atoms with E-state index in [4.69, 9.17) is 10.7 Å². The van der Waals surface area contributed by atoms with Gasteiger partial charge in [0.25, 0.3) is 0 Å². The number of thioether (sulfide) groups is 1. The van der Waals surface area contributed by atoms with Crippen LogP contribution in [-0.4, -0.2) is 12.9 Å². The molecular formula is C20H20FNOS. The number of hydrogen-bond donors (Lipinski definition) is 1. The van der Waals surface area contributed by atoms with E-state index >= 15 is 0 Å². The fraction of sp³-hybridized carbons (Fsp3) is 0.200. The molecule has 0 bridgehead atoms. The molecule has 1 aliphatic rings. The van der Waals surface area contributed by atoms with E-state index in [9.17, 15) is 4.39 Å². The van der Waals surface area contributed by atoms with Crippen LogP contribution in [0.5, 0.6) is 0 Å². The standard InChI is InChI=1S/C20H20FNOS/c1-13-9-20(24-2)19(21)12-15(13)11-16-10-14(7-8-23-22)17-5-3-4-6-18(16)17/h3-6,9-12H,7-8,22H2,1-2H3/b16-11-. The zero-order chi connectivity index (χ0) is 17.1. The van der Waals surface area contributed by atoms with Gasteiger partial charge in [-0.1, -0.05) is 30.3 Å². The predicted molar refractivity (Wildman–Crippen MR) is 100.0 cm³/mol. The summed E-state index contributed by atoms with van der Waals surface area (Å²) in [5.74, 6) is 4.99. The van der Waals surface area contributed by atoms with Crippen molar-refractivity contribution >= 4 is 29.0 Å². The minimum absolute atomic E-state index is 0.174. The van der Waals surface area contributed by atoms with Gasteiger partial charge >= 0.3 is 0 Å². The van der Waals surface area contributed by atoms with Crippen LogP contribution in [0.4, 0.5) is 4.39 Å². The molecule has 0 saturated heterocycles. The third-order valence-corrected chi connectivity index (χ3v) is 5.01. The van der Waals surface area contributed by atoms with Gasteiger partial charge in [0.1, 0.15) is 5.82 Å². The third kappa shape index (κ3) is 3.31. The summed E-state index contributed by atoms with van der Waals surface area (Å²) in [6, 6.07) is 11.8. The highest BCUT2D eigenvalue weighted by molar-refractivity contribution is 7.98. The lowest BCUT2D eigenvalue weighted by atomic mass is 10.0. The molecule has 2 nitrogen and oxygen atoms in total. The summed E-state index contributed by atoms with van der Waals surface area (Å²) in [7, 11) is 0. The van der Waals surface area contributed by atoms with Gasteiger partial charge in [0.2, 0.25) is 0 Å². The fourth-order valence-corrected chi connectivity index (χ4v) is 3.55. The molecule has 0 saturated carbocycles. The highest BCUT2D eigenvalue weighted by Gasteiger charge is 2.18. The monoisotopic (exact) mass is 341 g/mol. The van der Waals surface area contributed by atoms with Crippen LogP contribution in [-0.2, 0) is 4.84 Å². The fourth-order valence-electron chi connectivity index (χ4n) is 3.00. The molecule has 0 radical (unpaired) electrons. The lowest BCUT2D eigenvalue weighted by Gasteiger charge is -2.07. The first-order valence-corrected chi connectivity index (χ1v) is 9.04. The Morgan fingerprint density at radius 2 is 1.96 bits per heavy atom. The van der Waals surface area contributed by atoms with Crippen LogP contribution in [0.25, 0.3) is 17.2 Å². The second-order valence-corrected chi connectivity index (χ2v) is 6.63. The highest BCUT2D eigenvalue weighted by Crippen LogP contribution is 2.38. The molecule has 0 amide bonds. The van der Waals surface area contributed by atoms with E-state index in [0.717, 1.165) is 23.1 Å². The van der Waals surface area contributed by atoms with Crippen LogP contribution in [0.3, 0.4) is 0 Å². The first-order chi connectivity index (χ1) is 11.6. The largest absolute Gasteiger partial charge is 0.304 e. The number of aryl methyl sites for hydroxylation is 1. The predicted octanol–water partition coefficient (Wildman–Crippen LogP) is 5.07. The number of allylic oxidation sites excluding steroid dienone is 2. The Morgan fingerprint density at radius 1 is 1.21 bits per heavy atom. The SMILES string of the molecule is CSc1cc(C)c(/C=C2/C=C(CCON)c3ccccc32)cc1F. The van der Waals surface area contributed by atoms with Gasteiger partial charge in [-0.25, -0.2) is 10.3 Å². The summed E-state index contributed by atoms with van der Waals surface area (Å²) in [5, 5.41) is 0. The van der Waals surface area contributed by atoms with E-state index in [-0.39, 0.29) is 5.82 Å². The van der Waals surface area contributed by atoms with E-state index in [0.29, 0.717) is 11.5 Å². The highest BCUT2D eigenvalue weighted by atomic mass is 32.2. The Morgan fingerprint density at radius 3 is 2.67 bits per heavy atom. The first-order valence-electron chi connectivity index (χ1n) is 7.82. The molecule has 2 aromatic rings. The molecule has 0 aromatic heterocycles. The molecule has 124 valence electrons. The Labute approximate surface area is 146 Å².